The van der Waals surface area contributed by atoms with Gasteiger partial charge < -0.3 is 14.2 Å². The van der Waals surface area contributed by atoms with E-state index in [1.807, 2.05) is 0 Å². The van der Waals surface area contributed by atoms with E-state index >= 15 is 0 Å². The summed E-state index contributed by atoms with van der Waals surface area (Å²) < 4.78 is 7.26. The highest BCUT2D eigenvalue weighted by atomic mass is 16.3. The summed E-state index contributed by atoms with van der Waals surface area (Å²) >= 11 is 0. The average Bonchev–Trinajstić information content (AvgIpc) is 3.96. The van der Waals surface area contributed by atoms with E-state index in [0.717, 1.165) is 50.9 Å². The number of para-hydroxylation sites is 3. The van der Waals surface area contributed by atoms with E-state index in [4.69, 9.17) is 4.42 Å². The van der Waals surface area contributed by atoms with Crippen molar-refractivity contribution >= 4 is 66.6 Å². The summed E-state index contributed by atoms with van der Waals surface area (Å²) in [6, 6.07) is 83.8. The van der Waals surface area contributed by atoms with Crippen molar-refractivity contribution in [1.29, 1.82) is 0 Å². The van der Waals surface area contributed by atoms with Gasteiger partial charge in [0.25, 0.3) is 0 Å². The molecule has 0 saturated carbocycles. The van der Waals surface area contributed by atoms with Gasteiger partial charge in [0.1, 0.15) is 16.8 Å². The SMILES string of the molecule is c1ccc(N(c2ccc3c(c2)C2(c4ccccc4-3)c3cc(N(c4ccccc4)c4cccc5ccccc45)ccc3-c3c2oc2ccccc32)c2ccc3ccccc3c2)cc1. The van der Waals surface area contributed by atoms with Gasteiger partial charge in [-0.1, -0.05) is 158 Å². The fourth-order valence-corrected chi connectivity index (χ4v) is 10.6. The van der Waals surface area contributed by atoms with E-state index < -0.39 is 5.41 Å². The fourth-order valence-electron chi connectivity index (χ4n) is 10.6. The molecule has 290 valence electrons. The Morgan fingerprint density at radius 2 is 0.871 bits per heavy atom. The maximum Gasteiger partial charge on any atom is 0.135 e. The molecular weight excluding hydrogens is 753 g/mol. The molecule has 0 fully saturated rings. The highest BCUT2D eigenvalue weighted by molar-refractivity contribution is 6.06. The molecule has 13 rings (SSSR count). The highest BCUT2D eigenvalue weighted by Gasteiger charge is 2.55. The normalized spacial score (nSPS) is 14.5. The van der Waals surface area contributed by atoms with Gasteiger partial charge in [0, 0.05) is 44.8 Å². The summed E-state index contributed by atoms with van der Waals surface area (Å²) in [7, 11) is 0. The predicted octanol–water partition coefficient (Wildman–Crippen LogP) is 16.0. The Kier molecular flexibility index (Phi) is 7.52. The van der Waals surface area contributed by atoms with E-state index in [1.54, 1.807) is 0 Å². The molecule has 2 aliphatic carbocycles. The summed E-state index contributed by atoms with van der Waals surface area (Å²) in [5, 5.41) is 5.95. The molecule has 1 atom stereocenters. The van der Waals surface area contributed by atoms with Crippen molar-refractivity contribution in [3.63, 3.8) is 0 Å². The van der Waals surface area contributed by atoms with Crippen LogP contribution in [0.2, 0.25) is 0 Å². The van der Waals surface area contributed by atoms with Gasteiger partial charge in [-0.25, -0.2) is 0 Å². The topological polar surface area (TPSA) is 19.6 Å². The van der Waals surface area contributed by atoms with Crippen molar-refractivity contribution in [3.05, 3.63) is 253 Å². The average molecular weight is 791 g/mol. The van der Waals surface area contributed by atoms with Gasteiger partial charge >= 0.3 is 0 Å². The maximum atomic E-state index is 7.26. The molecule has 2 aliphatic rings. The molecule has 0 bridgehead atoms. The first-order valence-corrected chi connectivity index (χ1v) is 21.3. The number of fused-ring (bicyclic) bond motifs is 14. The monoisotopic (exact) mass is 790 g/mol. The molecule has 0 aliphatic heterocycles. The number of benzene rings is 10. The zero-order valence-electron chi connectivity index (χ0n) is 33.7. The maximum absolute atomic E-state index is 7.26. The molecule has 1 spiro atoms. The van der Waals surface area contributed by atoms with Crippen LogP contribution in [-0.4, -0.2) is 0 Å². The van der Waals surface area contributed by atoms with Crippen LogP contribution >= 0.6 is 0 Å². The number of anilines is 6. The summed E-state index contributed by atoms with van der Waals surface area (Å²) in [4.78, 5) is 4.82. The molecule has 1 aromatic heterocycles. The van der Waals surface area contributed by atoms with Crippen LogP contribution < -0.4 is 9.80 Å². The molecule has 3 nitrogen and oxygen atoms in total. The van der Waals surface area contributed by atoms with Crippen molar-refractivity contribution in [2.75, 3.05) is 9.80 Å². The minimum Gasteiger partial charge on any atom is -0.459 e. The zero-order chi connectivity index (χ0) is 40.8. The van der Waals surface area contributed by atoms with E-state index in [9.17, 15) is 0 Å². The number of nitrogens with zero attached hydrogens (tertiary/aromatic N) is 2. The lowest BCUT2D eigenvalue weighted by Gasteiger charge is -2.32. The lowest BCUT2D eigenvalue weighted by atomic mass is 9.73. The molecule has 1 unspecified atom stereocenters. The number of hydrogen-bond acceptors (Lipinski definition) is 3. The van der Waals surface area contributed by atoms with Crippen LogP contribution in [0.3, 0.4) is 0 Å². The van der Waals surface area contributed by atoms with Gasteiger partial charge in [0.05, 0.1) is 5.69 Å². The molecule has 10 aromatic carbocycles. The summed E-state index contributed by atoms with van der Waals surface area (Å²) in [6.07, 6.45) is 0. The molecule has 0 N–H and O–H groups in total. The van der Waals surface area contributed by atoms with Crippen LogP contribution in [0.4, 0.5) is 34.1 Å². The molecule has 0 saturated heterocycles. The van der Waals surface area contributed by atoms with Crippen molar-refractivity contribution in [2.24, 2.45) is 0 Å². The quantitative estimate of drug-likeness (QED) is 0.167. The number of rotatable bonds is 6. The molecule has 62 heavy (non-hydrogen) atoms. The minimum atomic E-state index is -0.742. The van der Waals surface area contributed by atoms with Crippen LogP contribution in [0.5, 0.6) is 0 Å². The number of hydrogen-bond donors (Lipinski definition) is 0. The van der Waals surface area contributed by atoms with Gasteiger partial charge in [-0.05, 0) is 122 Å². The zero-order valence-corrected chi connectivity index (χ0v) is 33.7. The van der Waals surface area contributed by atoms with Crippen LogP contribution in [0, 0.1) is 0 Å². The molecule has 3 heteroatoms. The van der Waals surface area contributed by atoms with Crippen molar-refractivity contribution in [2.45, 2.75) is 5.41 Å². The second kappa shape index (κ2) is 13.4. The second-order valence-corrected chi connectivity index (χ2v) is 16.4. The first-order valence-electron chi connectivity index (χ1n) is 21.3. The van der Waals surface area contributed by atoms with Gasteiger partial charge in [0.2, 0.25) is 0 Å². The smallest absolute Gasteiger partial charge is 0.135 e. The Morgan fingerprint density at radius 3 is 1.68 bits per heavy atom. The van der Waals surface area contributed by atoms with Gasteiger partial charge in [-0.2, -0.15) is 0 Å². The Balaban J connectivity index is 1.11. The third kappa shape index (κ3) is 4.94. The van der Waals surface area contributed by atoms with Crippen molar-refractivity contribution < 1.29 is 4.42 Å². The molecule has 1 heterocycles. The lowest BCUT2D eigenvalue weighted by molar-refractivity contribution is 0.507. The molecular formula is C59H38N2O. The third-order valence-electron chi connectivity index (χ3n) is 13.2. The Labute approximate surface area is 360 Å². The van der Waals surface area contributed by atoms with Crippen molar-refractivity contribution in [1.82, 2.24) is 0 Å². The van der Waals surface area contributed by atoms with Crippen LogP contribution in [0.15, 0.2) is 235 Å². The second-order valence-electron chi connectivity index (χ2n) is 16.4. The van der Waals surface area contributed by atoms with E-state index in [-0.39, 0.29) is 0 Å². The van der Waals surface area contributed by atoms with E-state index in [0.29, 0.717) is 0 Å². The van der Waals surface area contributed by atoms with E-state index in [1.165, 1.54) is 60.5 Å². The van der Waals surface area contributed by atoms with Crippen LogP contribution in [0.1, 0.15) is 22.5 Å². The largest absolute Gasteiger partial charge is 0.459 e. The van der Waals surface area contributed by atoms with Gasteiger partial charge in [-0.15, -0.1) is 0 Å². The Morgan fingerprint density at radius 1 is 0.323 bits per heavy atom. The molecule has 0 radical (unpaired) electrons. The summed E-state index contributed by atoms with van der Waals surface area (Å²) in [6.45, 7) is 0. The highest BCUT2D eigenvalue weighted by Crippen LogP contribution is 2.65. The van der Waals surface area contributed by atoms with Crippen molar-refractivity contribution in [3.8, 4) is 22.3 Å². The third-order valence-corrected chi connectivity index (χ3v) is 13.2. The summed E-state index contributed by atoms with van der Waals surface area (Å²) in [5.74, 6) is 0.975. The molecule has 11 aromatic rings. The lowest BCUT2D eigenvalue weighted by Crippen LogP contribution is -2.26. The number of furan rings is 1. The van der Waals surface area contributed by atoms with Gasteiger partial charge in [-0.3, -0.25) is 0 Å². The predicted molar refractivity (Wildman–Crippen MR) is 257 cm³/mol. The first-order chi connectivity index (χ1) is 30.8. The van der Waals surface area contributed by atoms with Crippen LogP contribution in [0.25, 0.3) is 54.8 Å². The summed E-state index contributed by atoms with van der Waals surface area (Å²) in [5.41, 5.74) is 15.2. The standard InChI is InChI=1S/C59H38N2O/c1-3-20-42(21-4-1)60(44-31-30-39-16-7-8-18-41(39)36-44)45-32-34-49-48-25-11-13-27-52(48)59(53(49)37-45)54-38-46(33-35-50(54)57-51-26-12-14-29-56(51)62-58(57)59)61(43-22-5-2-6-23-43)55-28-15-19-40-17-9-10-24-47(40)55/h1-38H. The Hall–Kier alpha value is -8.14. The fraction of sp³-hybridized carbons (Fsp3) is 0.0169. The van der Waals surface area contributed by atoms with E-state index in [2.05, 4.69) is 240 Å². The first kappa shape index (κ1) is 34.7. The molecule has 0 amide bonds. The van der Waals surface area contributed by atoms with Gasteiger partial charge in [0.15, 0.2) is 0 Å². The van der Waals surface area contributed by atoms with Crippen LogP contribution in [-0.2, 0) is 5.41 Å². The minimum absolute atomic E-state index is 0.742. The Bertz CT molecular complexity index is 3550.